The van der Waals surface area contributed by atoms with Crippen molar-refractivity contribution in [3.8, 4) is 56.2 Å². The molecule has 1 aliphatic rings. The molecular formula is C61H40N2. The fourth-order valence-electron chi connectivity index (χ4n) is 10.9. The van der Waals surface area contributed by atoms with E-state index >= 15 is 0 Å². The topological polar surface area (TPSA) is 25.8 Å². The molecule has 2 nitrogen and oxygen atoms in total. The zero-order valence-electron chi connectivity index (χ0n) is 35.0. The van der Waals surface area contributed by atoms with Gasteiger partial charge in [0.25, 0.3) is 0 Å². The molecule has 11 aromatic carbocycles. The summed E-state index contributed by atoms with van der Waals surface area (Å²) >= 11 is 0. The van der Waals surface area contributed by atoms with Crippen molar-refractivity contribution >= 4 is 64.6 Å². The SMILES string of the molecule is CC1(C)c2cc3ccccc3cc2-c2c(-c3ccc(-c4cc(-c5cc6c7ccccc7c7ccccc7c6c6ccccc56)nc(-c5ccccc5)n4)c4ccccc34)cccc21. The van der Waals surface area contributed by atoms with E-state index in [1.54, 1.807) is 0 Å². The van der Waals surface area contributed by atoms with Gasteiger partial charge in [0.15, 0.2) is 5.82 Å². The van der Waals surface area contributed by atoms with E-state index in [2.05, 4.69) is 220 Å². The lowest BCUT2D eigenvalue weighted by Gasteiger charge is -2.22. The van der Waals surface area contributed by atoms with E-state index < -0.39 is 0 Å². The minimum Gasteiger partial charge on any atom is -0.228 e. The maximum Gasteiger partial charge on any atom is 0.160 e. The van der Waals surface area contributed by atoms with E-state index in [4.69, 9.17) is 9.97 Å². The number of aromatic nitrogens is 2. The second kappa shape index (κ2) is 13.5. The zero-order chi connectivity index (χ0) is 41.8. The predicted molar refractivity (Wildman–Crippen MR) is 266 cm³/mol. The normalized spacial score (nSPS) is 13.0. The summed E-state index contributed by atoms with van der Waals surface area (Å²) in [4.78, 5) is 10.8. The van der Waals surface area contributed by atoms with Crippen LogP contribution in [0.15, 0.2) is 206 Å². The molecule has 13 rings (SSSR count). The Kier molecular flexibility index (Phi) is 7.68. The largest absolute Gasteiger partial charge is 0.228 e. The molecule has 294 valence electrons. The number of benzene rings is 11. The molecule has 0 saturated heterocycles. The quantitative estimate of drug-likeness (QED) is 0.166. The van der Waals surface area contributed by atoms with Crippen molar-refractivity contribution in [1.29, 1.82) is 0 Å². The van der Waals surface area contributed by atoms with Crippen LogP contribution in [0.1, 0.15) is 25.0 Å². The lowest BCUT2D eigenvalue weighted by Crippen LogP contribution is -2.14. The van der Waals surface area contributed by atoms with Gasteiger partial charge >= 0.3 is 0 Å². The third-order valence-corrected chi connectivity index (χ3v) is 13.8. The molecule has 0 saturated carbocycles. The van der Waals surface area contributed by atoms with E-state index in [1.807, 2.05) is 0 Å². The Labute approximate surface area is 365 Å². The van der Waals surface area contributed by atoms with Crippen molar-refractivity contribution in [2.45, 2.75) is 19.3 Å². The summed E-state index contributed by atoms with van der Waals surface area (Å²) in [6.07, 6.45) is 0. The average Bonchev–Trinajstić information content (AvgIpc) is 3.57. The maximum absolute atomic E-state index is 5.43. The molecule has 0 bridgehead atoms. The van der Waals surface area contributed by atoms with Gasteiger partial charge in [-0.3, -0.25) is 0 Å². The Morgan fingerprint density at radius 3 is 1.52 bits per heavy atom. The summed E-state index contributed by atoms with van der Waals surface area (Å²) in [6.45, 7) is 4.75. The minimum absolute atomic E-state index is 0.127. The Hall–Kier alpha value is -7.94. The molecule has 12 aromatic rings. The van der Waals surface area contributed by atoms with E-state index in [-0.39, 0.29) is 5.41 Å². The lowest BCUT2D eigenvalue weighted by molar-refractivity contribution is 0.661. The van der Waals surface area contributed by atoms with Crippen molar-refractivity contribution in [3.63, 3.8) is 0 Å². The number of fused-ring (bicyclic) bond motifs is 13. The fraction of sp³-hybridized carbons (Fsp3) is 0.0492. The first-order valence-corrected chi connectivity index (χ1v) is 21.9. The van der Waals surface area contributed by atoms with Gasteiger partial charge in [0, 0.05) is 22.1 Å². The molecule has 1 aromatic heterocycles. The van der Waals surface area contributed by atoms with Gasteiger partial charge in [0.05, 0.1) is 11.4 Å². The number of nitrogens with zero attached hydrogens (tertiary/aromatic N) is 2. The molecule has 1 heterocycles. The van der Waals surface area contributed by atoms with Crippen molar-refractivity contribution in [1.82, 2.24) is 9.97 Å². The van der Waals surface area contributed by atoms with Gasteiger partial charge < -0.3 is 0 Å². The first-order valence-electron chi connectivity index (χ1n) is 21.9. The third kappa shape index (κ3) is 5.31. The number of rotatable bonds is 4. The Morgan fingerprint density at radius 2 is 0.825 bits per heavy atom. The van der Waals surface area contributed by atoms with E-state index in [0.717, 1.165) is 33.5 Å². The second-order valence-electron chi connectivity index (χ2n) is 17.6. The van der Waals surface area contributed by atoms with Crippen molar-refractivity contribution < 1.29 is 0 Å². The van der Waals surface area contributed by atoms with Crippen LogP contribution in [0.2, 0.25) is 0 Å². The summed E-state index contributed by atoms with van der Waals surface area (Å²) in [6, 6.07) is 75.4. The Balaban J connectivity index is 1.06. The van der Waals surface area contributed by atoms with Crippen LogP contribution in [-0.4, -0.2) is 9.97 Å². The second-order valence-corrected chi connectivity index (χ2v) is 17.6. The first-order chi connectivity index (χ1) is 31.0. The monoisotopic (exact) mass is 800 g/mol. The standard InChI is InChI=1S/C61H40N2/c1-61(2)54-30-16-29-50(59(54)53-33-38-19-6-7-20-39(38)34-55(53)61)46-31-32-47(42-23-10-8-21-40(42)46)56-36-57(63-60(62-56)37-17-4-3-5-18-37)51-35-52-44-25-11-9-22-41(44)43-24-12-14-27-48(43)58(52)49-28-15-13-26-45(49)51/h3-36H,1-2H3. The highest BCUT2D eigenvalue weighted by Gasteiger charge is 2.37. The van der Waals surface area contributed by atoms with Gasteiger partial charge in [0.1, 0.15) is 0 Å². The first kappa shape index (κ1) is 35.8. The molecule has 63 heavy (non-hydrogen) atoms. The van der Waals surface area contributed by atoms with Crippen molar-refractivity contribution in [3.05, 3.63) is 217 Å². The molecule has 0 unspecified atom stereocenters. The third-order valence-electron chi connectivity index (χ3n) is 13.8. The summed E-state index contributed by atoms with van der Waals surface area (Å²) < 4.78 is 0. The highest BCUT2D eigenvalue weighted by Crippen LogP contribution is 2.54. The van der Waals surface area contributed by atoms with Crippen LogP contribution in [0.25, 0.3) is 121 Å². The van der Waals surface area contributed by atoms with Gasteiger partial charge in [-0.1, -0.05) is 196 Å². The summed E-state index contributed by atoms with van der Waals surface area (Å²) in [5, 5.41) is 14.8. The molecular weight excluding hydrogens is 761 g/mol. The van der Waals surface area contributed by atoms with Crippen LogP contribution < -0.4 is 0 Å². The molecule has 0 atom stereocenters. The molecule has 0 radical (unpaired) electrons. The molecule has 0 amide bonds. The highest BCUT2D eigenvalue weighted by molar-refractivity contribution is 6.33. The summed E-state index contributed by atoms with van der Waals surface area (Å²) in [7, 11) is 0. The van der Waals surface area contributed by atoms with Gasteiger partial charge in [-0.25, -0.2) is 9.97 Å². The van der Waals surface area contributed by atoms with Crippen LogP contribution in [0.4, 0.5) is 0 Å². The van der Waals surface area contributed by atoms with Gasteiger partial charge in [0.2, 0.25) is 0 Å². The Morgan fingerprint density at radius 1 is 0.317 bits per heavy atom. The molecule has 1 aliphatic carbocycles. The maximum atomic E-state index is 5.43. The van der Waals surface area contributed by atoms with Crippen molar-refractivity contribution in [2.75, 3.05) is 0 Å². The highest BCUT2D eigenvalue weighted by atomic mass is 14.9. The lowest BCUT2D eigenvalue weighted by atomic mass is 9.81. The van der Waals surface area contributed by atoms with Crippen LogP contribution in [-0.2, 0) is 5.41 Å². The van der Waals surface area contributed by atoms with Crippen LogP contribution in [0.3, 0.4) is 0 Å². The van der Waals surface area contributed by atoms with E-state index in [9.17, 15) is 0 Å². The van der Waals surface area contributed by atoms with E-state index in [1.165, 1.54) is 92.6 Å². The van der Waals surface area contributed by atoms with Gasteiger partial charge in [-0.2, -0.15) is 0 Å². The minimum atomic E-state index is -0.127. The number of hydrogen-bond donors (Lipinski definition) is 0. The molecule has 0 spiro atoms. The summed E-state index contributed by atoms with van der Waals surface area (Å²) in [5.41, 5.74) is 12.7. The predicted octanol–water partition coefficient (Wildman–Crippen LogP) is 16.4. The van der Waals surface area contributed by atoms with Crippen LogP contribution >= 0.6 is 0 Å². The van der Waals surface area contributed by atoms with Crippen LogP contribution in [0.5, 0.6) is 0 Å². The van der Waals surface area contributed by atoms with Crippen LogP contribution in [0, 0.1) is 0 Å². The number of hydrogen-bond acceptors (Lipinski definition) is 2. The molecule has 0 N–H and O–H groups in total. The average molecular weight is 801 g/mol. The van der Waals surface area contributed by atoms with Gasteiger partial charge in [-0.05, 0) is 122 Å². The molecule has 2 heteroatoms. The fourth-order valence-corrected chi connectivity index (χ4v) is 10.9. The molecule has 0 aliphatic heterocycles. The van der Waals surface area contributed by atoms with Crippen molar-refractivity contribution in [2.24, 2.45) is 0 Å². The zero-order valence-corrected chi connectivity index (χ0v) is 35.0. The van der Waals surface area contributed by atoms with E-state index in [0.29, 0.717) is 5.82 Å². The van der Waals surface area contributed by atoms with Gasteiger partial charge in [-0.15, -0.1) is 0 Å². The Bertz CT molecular complexity index is 3880. The summed E-state index contributed by atoms with van der Waals surface area (Å²) in [5.74, 6) is 0.704. The smallest absolute Gasteiger partial charge is 0.160 e. The molecule has 0 fully saturated rings.